The molecule has 0 bridgehead atoms. The average Bonchev–Trinajstić information content (AvgIpc) is 2.54. The normalized spacial score (nSPS) is 15.1. The lowest BCUT2D eigenvalue weighted by Gasteiger charge is -2.25. The van der Waals surface area contributed by atoms with Crippen LogP contribution in [0, 0.1) is 11.3 Å². The van der Waals surface area contributed by atoms with Crippen LogP contribution >= 0.6 is 11.8 Å². The van der Waals surface area contributed by atoms with Crippen molar-refractivity contribution in [3.05, 3.63) is 47.4 Å². The minimum absolute atomic E-state index is 0.357. The number of ether oxygens (including phenoxy) is 1. The Hall–Kier alpha value is -2.26. The Morgan fingerprint density at radius 2 is 2.24 bits per heavy atom. The first-order valence-electron chi connectivity index (χ1n) is 6.46. The van der Waals surface area contributed by atoms with Crippen molar-refractivity contribution < 1.29 is 4.74 Å². The van der Waals surface area contributed by atoms with Crippen molar-refractivity contribution in [2.24, 2.45) is 10.1 Å². The van der Waals surface area contributed by atoms with Gasteiger partial charge < -0.3 is 4.74 Å². The second-order valence-electron chi connectivity index (χ2n) is 4.15. The van der Waals surface area contributed by atoms with Gasteiger partial charge in [0.15, 0.2) is 0 Å². The molecule has 1 aromatic rings. The molecule has 5 nitrogen and oxygen atoms in total. The number of hydrazone groups is 1. The Bertz CT molecular complexity index is 616. The maximum Gasteiger partial charge on any atom is 0.233 e. The van der Waals surface area contributed by atoms with Crippen molar-refractivity contribution in [2.45, 2.75) is 13.5 Å². The Morgan fingerprint density at radius 1 is 1.48 bits per heavy atom. The predicted octanol–water partition coefficient (Wildman–Crippen LogP) is 2.98. The molecule has 1 aromatic carbocycles. The molecule has 0 N–H and O–H groups in total. The minimum Gasteiger partial charge on any atom is -0.472 e. The van der Waals surface area contributed by atoms with Crippen LogP contribution in [0.3, 0.4) is 0 Å². The lowest BCUT2D eigenvalue weighted by molar-refractivity contribution is 0.102. The number of rotatable bonds is 4. The average molecular weight is 300 g/mol. The molecule has 0 unspecified atom stereocenters. The molecule has 1 heterocycles. The van der Waals surface area contributed by atoms with Crippen molar-refractivity contribution in [1.29, 1.82) is 5.26 Å². The van der Waals surface area contributed by atoms with Crippen LogP contribution < -0.4 is 0 Å². The largest absolute Gasteiger partial charge is 0.472 e. The van der Waals surface area contributed by atoms with Crippen LogP contribution in [-0.4, -0.2) is 29.2 Å². The van der Waals surface area contributed by atoms with Crippen LogP contribution in [0.25, 0.3) is 0 Å². The van der Waals surface area contributed by atoms with Crippen LogP contribution in [0.2, 0.25) is 0 Å². The third-order valence-corrected chi connectivity index (χ3v) is 3.51. The van der Waals surface area contributed by atoms with E-state index in [1.165, 1.54) is 11.8 Å². The van der Waals surface area contributed by atoms with Crippen molar-refractivity contribution >= 4 is 23.0 Å². The van der Waals surface area contributed by atoms with E-state index in [1.54, 1.807) is 11.2 Å². The second-order valence-corrected chi connectivity index (χ2v) is 4.94. The van der Waals surface area contributed by atoms with Gasteiger partial charge >= 0.3 is 0 Å². The molecule has 0 fully saturated rings. The van der Waals surface area contributed by atoms with Gasteiger partial charge in [-0.15, -0.1) is 11.8 Å². The van der Waals surface area contributed by atoms with Crippen molar-refractivity contribution in [3.8, 4) is 6.07 Å². The Balaban J connectivity index is 2.26. The van der Waals surface area contributed by atoms with Gasteiger partial charge in [-0.05, 0) is 18.7 Å². The molecule has 108 valence electrons. The fraction of sp³-hybridized carbons (Fsp3) is 0.267. The molecule has 0 spiro atoms. The molecule has 6 heteroatoms. The zero-order chi connectivity index (χ0) is 15.1. The van der Waals surface area contributed by atoms with Gasteiger partial charge in [0.25, 0.3) is 0 Å². The van der Waals surface area contributed by atoms with E-state index in [9.17, 15) is 5.26 Å². The topological polar surface area (TPSA) is 61.0 Å². The molecule has 0 radical (unpaired) electrons. The first-order chi connectivity index (χ1) is 10.3. The number of hydrogen-bond donors (Lipinski definition) is 0. The summed E-state index contributed by atoms with van der Waals surface area (Å²) < 4.78 is 5.84. The number of nitrogens with zero attached hydrogens (tertiary/aromatic N) is 4. The molecule has 0 aliphatic carbocycles. The van der Waals surface area contributed by atoms with Crippen LogP contribution in [0.15, 0.2) is 51.9 Å². The molecule has 0 atom stereocenters. The third-order valence-electron chi connectivity index (χ3n) is 2.79. The Labute approximate surface area is 128 Å². The summed E-state index contributed by atoms with van der Waals surface area (Å²) in [4.78, 5) is 4.34. The number of aliphatic imine (C=N–C) groups is 1. The van der Waals surface area contributed by atoms with Gasteiger partial charge in [-0.1, -0.05) is 30.3 Å². The van der Waals surface area contributed by atoms with E-state index in [1.807, 2.05) is 43.5 Å². The lowest BCUT2D eigenvalue weighted by Crippen LogP contribution is -2.27. The van der Waals surface area contributed by atoms with Crippen LogP contribution in [-0.2, 0) is 11.3 Å². The summed E-state index contributed by atoms with van der Waals surface area (Å²) in [5.74, 6) is 0.457. The number of nitriles is 1. The molecule has 2 rings (SSSR count). The third kappa shape index (κ3) is 3.64. The summed E-state index contributed by atoms with van der Waals surface area (Å²) in [6.07, 6.45) is 3.55. The van der Waals surface area contributed by atoms with E-state index < -0.39 is 0 Å². The second kappa shape index (κ2) is 7.50. The van der Waals surface area contributed by atoms with E-state index in [4.69, 9.17) is 4.74 Å². The molecule has 0 aromatic heterocycles. The maximum atomic E-state index is 9.39. The van der Waals surface area contributed by atoms with Gasteiger partial charge in [-0.25, -0.2) is 5.01 Å². The van der Waals surface area contributed by atoms with E-state index in [0.717, 1.165) is 5.56 Å². The van der Waals surface area contributed by atoms with Crippen molar-refractivity contribution in [2.75, 3.05) is 12.9 Å². The highest BCUT2D eigenvalue weighted by atomic mass is 32.2. The standard InChI is InChI=1S/C15H16N4OS/c1-3-18-19-11-17-14(21-2)13(9-16)15(19)20-10-12-7-5-4-6-8-12/h3-8H,10-11H2,1-2H3/b18-3-. The maximum absolute atomic E-state index is 9.39. The van der Waals surface area contributed by atoms with Crippen molar-refractivity contribution in [1.82, 2.24) is 5.01 Å². The predicted molar refractivity (Wildman–Crippen MR) is 85.7 cm³/mol. The number of hydrogen-bond acceptors (Lipinski definition) is 6. The van der Waals surface area contributed by atoms with Crippen LogP contribution in [0.4, 0.5) is 0 Å². The molecule has 0 amide bonds. The minimum atomic E-state index is 0.357. The first kappa shape index (κ1) is 15.1. The summed E-state index contributed by atoms with van der Waals surface area (Å²) in [6.45, 7) is 2.56. The highest BCUT2D eigenvalue weighted by Gasteiger charge is 2.24. The van der Waals surface area contributed by atoms with Gasteiger partial charge in [0.2, 0.25) is 5.88 Å². The quantitative estimate of drug-likeness (QED) is 0.802. The van der Waals surface area contributed by atoms with Gasteiger partial charge in [0.1, 0.15) is 30.0 Å². The molecule has 1 aliphatic rings. The number of benzene rings is 1. The number of thioether (sulfide) groups is 1. The van der Waals surface area contributed by atoms with E-state index >= 15 is 0 Å². The zero-order valence-corrected chi connectivity index (χ0v) is 12.8. The Kier molecular flexibility index (Phi) is 5.41. The SMILES string of the molecule is C/C=N\N1CN=C(SC)C(C#N)=C1OCc1ccccc1. The van der Waals surface area contributed by atoms with Crippen LogP contribution in [0.5, 0.6) is 0 Å². The zero-order valence-electron chi connectivity index (χ0n) is 12.0. The summed E-state index contributed by atoms with van der Waals surface area (Å²) in [6, 6.07) is 12.0. The van der Waals surface area contributed by atoms with E-state index in [-0.39, 0.29) is 0 Å². The van der Waals surface area contributed by atoms with Gasteiger partial charge in [-0.3, -0.25) is 4.99 Å². The first-order valence-corrected chi connectivity index (χ1v) is 7.68. The fourth-order valence-corrected chi connectivity index (χ4v) is 2.38. The Morgan fingerprint density at radius 3 is 2.86 bits per heavy atom. The molecular weight excluding hydrogens is 284 g/mol. The van der Waals surface area contributed by atoms with Crippen molar-refractivity contribution in [3.63, 3.8) is 0 Å². The van der Waals surface area contributed by atoms with Crippen LogP contribution in [0.1, 0.15) is 12.5 Å². The highest BCUT2D eigenvalue weighted by molar-refractivity contribution is 8.13. The summed E-state index contributed by atoms with van der Waals surface area (Å²) >= 11 is 1.44. The molecule has 21 heavy (non-hydrogen) atoms. The molecule has 0 saturated heterocycles. The lowest BCUT2D eigenvalue weighted by atomic mass is 10.2. The van der Waals surface area contributed by atoms with Gasteiger partial charge in [-0.2, -0.15) is 10.4 Å². The summed E-state index contributed by atoms with van der Waals surface area (Å²) in [7, 11) is 0. The van der Waals surface area contributed by atoms with Gasteiger partial charge in [0.05, 0.1) is 0 Å². The molecular formula is C15H16N4OS. The van der Waals surface area contributed by atoms with Gasteiger partial charge in [0, 0.05) is 6.21 Å². The monoisotopic (exact) mass is 300 g/mol. The van der Waals surface area contributed by atoms with E-state index in [2.05, 4.69) is 16.2 Å². The molecule has 1 aliphatic heterocycles. The summed E-state index contributed by atoms with van der Waals surface area (Å²) in [5, 5.41) is 15.9. The highest BCUT2D eigenvalue weighted by Crippen LogP contribution is 2.24. The summed E-state index contributed by atoms with van der Waals surface area (Å²) in [5.41, 5.74) is 1.46. The van der Waals surface area contributed by atoms with E-state index in [0.29, 0.717) is 29.8 Å². The smallest absolute Gasteiger partial charge is 0.233 e. The fourth-order valence-electron chi connectivity index (χ4n) is 1.86. The molecule has 0 saturated carbocycles.